The Morgan fingerprint density at radius 1 is 1.05 bits per heavy atom. The number of fused-ring (bicyclic) bond motifs is 1. The summed E-state index contributed by atoms with van der Waals surface area (Å²) in [5, 5.41) is 6.46. The predicted octanol–water partition coefficient (Wildman–Crippen LogP) is 3.09. The van der Waals surface area contributed by atoms with Crippen LogP contribution >= 0.6 is 11.6 Å². The third-order valence-electron chi connectivity index (χ3n) is 2.57. The summed E-state index contributed by atoms with van der Waals surface area (Å²) in [6.45, 7) is 0. The van der Waals surface area contributed by atoms with E-state index in [-0.39, 0.29) is 22.2 Å². The van der Waals surface area contributed by atoms with Crippen LogP contribution in [0.4, 0.5) is 13.2 Å². The van der Waals surface area contributed by atoms with Gasteiger partial charge in [0.25, 0.3) is 0 Å². The Hall–Kier alpha value is -2.15. The van der Waals surface area contributed by atoms with Crippen molar-refractivity contribution < 1.29 is 13.2 Å². The fourth-order valence-corrected chi connectivity index (χ4v) is 1.89. The zero-order valence-corrected chi connectivity index (χ0v) is 9.84. The molecule has 0 radical (unpaired) electrons. The van der Waals surface area contributed by atoms with Gasteiger partial charge in [0.15, 0.2) is 23.1 Å². The number of halogens is 4. The number of rotatable bonds is 1. The number of hydrogen-bond donors (Lipinski definition) is 1. The SMILES string of the molecule is Fc1ccc(-c2nc(Cl)nc3[nH]ncc23)c(F)c1F. The largest absolute Gasteiger partial charge is 0.261 e. The second-order valence-electron chi connectivity index (χ2n) is 3.70. The smallest absolute Gasteiger partial charge is 0.224 e. The molecule has 0 saturated heterocycles. The molecule has 1 N–H and O–H groups in total. The summed E-state index contributed by atoms with van der Waals surface area (Å²) in [5.41, 5.74) is 0.105. The monoisotopic (exact) mass is 284 g/mol. The molecular formula is C11H4ClF3N4. The lowest BCUT2D eigenvalue weighted by Gasteiger charge is -2.05. The van der Waals surface area contributed by atoms with E-state index in [4.69, 9.17) is 11.6 Å². The Morgan fingerprint density at radius 2 is 1.84 bits per heavy atom. The average Bonchev–Trinajstić information content (AvgIpc) is 2.83. The molecule has 0 aliphatic carbocycles. The van der Waals surface area contributed by atoms with Crippen LogP contribution in [0.1, 0.15) is 0 Å². The molecular weight excluding hydrogens is 281 g/mol. The third kappa shape index (κ3) is 1.82. The van der Waals surface area contributed by atoms with Gasteiger partial charge in [0.05, 0.1) is 17.3 Å². The number of aromatic nitrogens is 4. The average molecular weight is 285 g/mol. The first kappa shape index (κ1) is 11.9. The fourth-order valence-electron chi connectivity index (χ4n) is 1.72. The van der Waals surface area contributed by atoms with Gasteiger partial charge >= 0.3 is 0 Å². The van der Waals surface area contributed by atoms with Crippen LogP contribution in [0.2, 0.25) is 5.28 Å². The summed E-state index contributed by atoms with van der Waals surface area (Å²) < 4.78 is 39.9. The van der Waals surface area contributed by atoms with Gasteiger partial charge in [0, 0.05) is 5.56 Å². The highest BCUT2D eigenvalue weighted by atomic mass is 35.5. The molecule has 0 fully saturated rings. The van der Waals surface area contributed by atoms with Crippen molar-refractivity contribution >= 4 is 22.6 Å². The third-order valence-corrected chi connectivity index (χ3v) is 2.74. The molecule has 0 amide bonds. The van der Waals surface area contributed by atoms with Gasteiger partial charge in [-0.1, -0.05) is 0 Å². The number of nitrogens with one attached hydrogen (secondary N) is 1. The minimum atomic E-state index is -1.57. The van der Waals surface area contributed by atoms with Crippen molar-refractivity contribution in [3.8, 4) is 11.3 Å². The first-order chi connectivity index (χ1) is 9.08. The molecule has 3 aromatic rings. The molecule has 0 bridgehead atoms. The Morgan fingerprint density at radius 3 is 2.63 bits per heavy atom. The van der Waals surface area contributed by atoms with Gasteiger partial charge in [-0.2, -0.15) is 10.1 Å². The van der Waals surface area contributed by atoms with Crippen LogP contribution in [-0.2, 0) is 0 Å². The molecule has 96 valence electrons. The van der Waals surface area contributed by atoms with Gasteiger partial charge in [-0.15, -0.1) is 0 Å². The molecule has 4 nitrogen and oxygen atoms in total. The molecule has 0 atom stereocenters. The maximum Gasteiger partial charge on any atom is 0.224 e. The van der Waals surface area contributed by atoms with Crippen LogP contribution in [0.5, 0.6) is 0 Å². The van der Waals surface area contributed by atoms with Crippen molar-refractivity contribution in [3.05, 3.63) is 41.1 Å². The lowest BCUT2D eigenvalue weighted by Crippen LogP contribution is -1.97. The predicted molar refractivity (Wildman–Crippen MR) is 62.0 cm³/mol. The molecule has 0 aliphatic rings. The molecule has 0 aliphatic heterocycles. The van der Waals surface area contributed by atoms with Gasteiger partial charge in [-0.05, 0) is 23.7 Å². The summed E-state index contributed by atoms with van der Waals surface area (Å²) in [6, 6.07) is 1.90. The Balaban J connectivity index is 2.36. The van der Waals surface area contributed by atoms with Crippen LogP contribution < -0.4 is 0 Å². The number of aromatic amines is 1. The maximum absolute atomic E-state index is 13.8. The molecule has 0 saturated carbocycles. The summed E-state index contributed by atoms with van der Waals surface area (Å²) in [5.74, 6) is -4.18. The van der Waals surface area contributed by atoms with Gasteiger partial charge in [-0.3, -0.25) is 5.10 Å². The van der Waals surface area contributed by atoms with E-state index in [1.807, 2.05) is 0 Å². The molecule has 19 heavy (non-hydrogen) atoms. The lowest BCUT2D eigenvalue weighted by atomic mass is 10.1. The van der Waals surface area contributed by atoms with Crippen LogP contribution in [0.3, 0.4) is 0 Å². The highest BCUT2D eigenvalue weighted by Gasteiger charge is 2.19. The first-order valence-electron chi connectivity index (χ1n) is 5.08. The zero-order chi connectivity index (χ0) is 13.6. The highest BCUT2D eigenvalue weighted by molar-refractivity contribution is 6.28. The minimum absolute atomic E-state index is 0.0418. The van der Waals surface area contributed by atoms with E-state index in [9.17, 15) is 13.2 Å². The first-order valence-corrected chi connectivity index (χ1v) is 5.46. The highest BCUT2D eigenvalue weighted by Crippen LogP contribution is 2.29. The minimum Gasteiger partial charge on any atom is -0.261 e. The second-order valence-corrected chi connectivity index (χ2v) is 4.03. The van der Waals surface area contributed by atoms with Crippen molar-refractivity contribution in [2.45, 2.75) is 0 Å². The molecule has 2 aromatic heterocycles. The van der Waals surface area contributed by atoms with E-state index < -0.39 is 17.5 Å². The van der Waals surface area contributed by atoms with Gasteiger partial charge in [0.1, 0.15) is 0 Å². The van der Waals surface area contributed by atoms with Crippen molar-refractivity contribution in [3.63, 3.8) is 0 Å². The summed E-state index contributed by atoms with van der Waals surface area (Å²) in [7, 11) is 0. The van der Waals surface area contributed by atoms with E-state index >= 15 is 0 Å². The summed E-state index contributed by atoms with van der Waals surface area (Å²) in [4.78, 5) is 7.68. The second kappa shape index (κ2) is 4.20. The fraction of sp³-hybridized carbons (Fsp3) is 0. The summed E-state index contributed by atoms with van der Waals surface area (Å²) >= 11 is 5.69. The van der Waals surface area contributed by atoms with Crippen LogP contribution in [0, 0.1) is 17.5 Å². The number of H-pyrrole nitrogens is 1. The molecule has 0 unspecified atom stereocenters. The van der Waals surface area contributed by atoms with Crippen molar-refractivity contribution in [1.29, 1.82) is 0 Å². The Kier molecular flexibility index (Phi) is 2.63. The topological polar surface area (TPSA) is 54.5 Å². The lowest BCUT2D eigenvalue weighted by molar-refractivity contribution is 0.449. The van der Waals surface area contributed by atoms with E-state index in [1.54, 1.807) is 0 Å². The molecule has 2 heterocycles. The van der Waals surface area contributed by atoms with Gasteiger partial charge < -0.3 is 0 Å². The van der Waals surface area contributed by atoms with Gasteiger partial charge in [0.2, 0.25) is 5.28 Å². The van der Waals surface area contributed by atoms with E-state index in [1.165, 1.54) is 6.20 Å². The number of benzene rings is 1. The molecule has 0 spiro atoms. The normalized spacial score (nSPS) is 11.2. The van der Waals surface area contributed by atoms with Crippen molar-refractivity contribution in [1.82, 2.24) is 20.2 Å². The van der Waals surface area contributed by atoms with Crippen LogP contribution in [-0.4, -0.2) is 20.2 Å². The van der Waals surface area contributed by atoms with Crippen LogP contribution in [0.25, 0.3) is 22.3 Å². The van der Waals surface area contributed by atoms with Crippen molar-refractivity contribution in [2.24, 2.45) is 0 Å². The Labute approximate surface area is 109 Å². The quantitative estimate of drug-likeness (QED) is 0.552. The number of hydrogen-bond acceptors (Lipinski definition) is 3. The zero-order valence-electron chi connectivity index (χ0n) is 9.09. The van der Waals surface area contributed by atoms with E-state index in [0.717, 1.165) is 12.1 Å². The van der Waals surface area contributed by atoms with E-state index in [0.29, 0.717) is 5.39 Å². The molecule has 3 rings (SSSR count). The van der Waals surface area contributed by atoms with Crippen molar-refractivity contribution in [2.75, 3.05) is 0 Å². The van der Waals surface area contributed by atoms with Gasteiger partial charge in [-0.25, -0.2) is 18.2 Å². The molecule has 8 heteroatoms. The summed E-state index contributed by atoms with van der Waals surface area (Å²) in [6.07, 6.45) is 1.35. The Bertz CT molecular complexity index is 787. The molecule has 1 aromatic carbocycles. The number of nitrogens with zero attached hydrogens (tertiary/aromatic N) is 3. The standard InChI is InChI=1S/C11H4ClF3N4/c12-11-17-9(5-3-16-19-10(5)18-11)4-1-2-6(13)8(15)7(4)14/h1-3H,(H,16,17,18,19). The van der Waals surface area contributed by atoms with Crippen LogP contribution in [0.15, 0.2) is 18.3 Å². The maximum atomic E-state index is 13.8. The van der Waals surface area contributed by atoms with E-state index in [2.05, 4.69) is 20.2 Å².